The molecular formula is C12H23N. The SMILES string of the molecule is C=CC1C(N)C(C)C1C(C)CCC. The Morgan fingerprint density at radius 2 is 2.15 bits per heavy atom. The van der Waals surface area contributed by atoms with E-state index in [1.165, 1.54) is 12.8 Å². The summed E-state index contributed by atoms with van der Waals surface area (Å²) in [7, 11) is 0. The van der Waals surface area contributed by atoms with Crippen LogP contribution in [0, 0.1) is 23.7 Å². The maximum Gasteiger partial charge on any atom is 0.0133 e. The van der Waals surface area contributed by atoms with Crippen LogP contribution in [0.2, 0.25) is 0 Å². The van der Waals surface area contributed by atoms with Gasteiger partial charge in [0, 0.05) is 6.04 Å². The average molecular weight is 181 g/mol. The highest BCUT2D eigenvalue weighted by molar-refractivity contribution is 5.06. The Hall–Kier alpha value is -0.300. The summed E-state index contributed by atoms with van der Waals surface area (Å²) in [5.74, 6) is 2.84. The smallest absolute Gasteiger partial charge is 0.0133 e. The van der Waals surface area contributed by atoms with E-state index in [1.807, 2.05) is 0 Å². The van der Waals surface area contributed by atoms with Crippen LogP contribution in [0.15, 0.2) is 12.7 Å². The fraction of sp³-hybridized carbons (Fsp3) is 0.833. The van der Waals surface area contributed by atoms with Gasteiger partial charge < -0.3 is 5.73 Å². The molecule has 13 heavy (non-hydrogen) atoms. The van der Waals surface area contributed by atoms with Crippen molar-refractivity contribution in [3.05, 3.63) is 12.7 Å². The van der Waals surface area contributed by atoms with Gasteiger partial charge in [0.25, 0.3) is 0 Å². The summed E-state index contributed by atoms with van der Waals surface area (Å²) >= 11 is 0. The maximum atomic E-state index is 6.03. The van der Waals surface area contributed by atoms with Gasteiger partial charge in [0.15, 0.2) is 0 Å². The Morgan fingerprint density at radius 1 is 1.54 bits per heavy atom. The van der Waals surface area contributed by atoms with Crippen molar-refractivity contribution in [3.63, 3.8) is 0 Å². The van der Waals surface area contributed by atoms with Crippen molar-refractivity contribution in [1.82, 2.24) is 0 Å². The Kier molecular flexibility index (Phi) is 3.55. The van der Waals surface area contributed by atoms with Gasteiger partial charge >= 0.3 is 0 Å². The lowest BCUT2D eigenvalue weighted by Crippen LogP contribution is -2.56. The number of hydrogen-bond donors (Lipinski definition) is 1. The topological polar surface area (TPSA) is 26.0 Å². The van der Waals surface area contributed by atoms with E-state index in [2.05, 4.69) is 33.4 Å². The number of nitrogens with two attached hydrogens (primary N) is 1. The van der Waals surface area contributed by atoms with Gasteiger partial charge in [-0.1, -0.05) is 39.7 Å². The Morgan fingerprint density at radius 3 is 2.62 bits per heavy atom. The normalized spacial score (nSPS) is 40.9. The van der Waals surface area contributed by atoms with Crippen molar-refractivity contribution < 1.29 is 0 Å². The molecule has 0 aromatic heterocycles. The third kappa shape index (κ3) is 1.80. The van der Waals surface area contributed by atoms with Gasteiger partial charge in [0.1, 0.15) is 0 Å². The third-order valence-corrected chi connectivity index (χ3v) is 3.78. The Bertz CT molecular complexity index is 176. The van der Waals surface area contributed by atoms with E-state index in [9.17, 15) is 0 Å². The molecule has 0 radical (unpaired) electrons. The van der Waals surface area contributed by atoms with Gasteiger partial charge in [0.2, 0.25) is 0 Å². The van der Waals surface area contributed by atoms with E-state index in [-0.39, 0.29) is 0 Å². The average Bonchev–Trinajstić information content (AvgIpc) is 2.12. The van der Waals surface area contributed by atoms with Crippen LogP contribution in [-0.4, -0.2) is 6.04 Å². The molecule has 76 valence electrons. The molecule has 1 fully saturated rings. The van der Waals surface area contributed by atoms with Crippen LogP contribution >= 0.6 is 0 Å². The summed E-state index contributed by atoms with van der Waals surface area (Å²) in [6.07, 6.45) is 4.66. The van der Waals surface area contributed by atoms with E-state index in [1.54, 1.807) is 0 Å². The van der Waals surface area contributed by atoms with Gasteiger partial charge in [-0.25, -0.2) is 0 Å². The predicted molar refractivity (Wildman–Crippen MR) is 58.4 cm³/mol. The molecule has 5 atom stereocenters. The summed E-state index contributed by atoms with van der Waals surface area (Å²) in [5.41, 5.74) is 6.03. The van der Waals surface area contributed by atoms with Crippen LogP contribution in [0.3, 0.4) is 0 Å². The molecule has 1 saturated carbocycles. The molecule has 0 aromatic carbocycles. The van der Waals surface area contributed by atoms with E-state index in [0.29, 0.717) is 17.9 Å². The summed E-state index contributed by atoms with van der Waals surface area (Å²) in [4.78, 5) is 0. The van der Waals surface area contributed by atoms with Gasteiger partial charge in [-0.15, -0.1) is 6.58 Å². The van der Waals surface area contributed by atoms with Crippen LogP contribution in [0.4, 0.5) is 0 Å². The van der Waals surface area contributed by atoms with E-state index in [0.717, 1.165) is 11.8 Å². The van der Waals surface area contributed by atoms with Crippen LogP contribution in [0.25, 0.3) is 0 Å². The van der Waals surface area contributed by atoms with Crippen LogP contribution < -0.4 is 5.73 Å². The number of hydrogen-bond acceptors (Lipinski definition) is 1. The molecule has 0 saturated heterocycles. The van der Waals surface area contributed by atoms with Crippen molar-refractivity contribution in [2.75, 3.05) is 0 Å². The van der Waals surface area contributed by atoms with Gasteiger partial charge in [-0.3, -0.25) is 0 Å². The summed E-state index contributed by atoms with van der Waals surface area (Å²) in [5, 5.41) is 0. The molecule has 0 bridgehead atoms. The molecule has 0 spiro atoms. The molecule has 1 nitrogen and oxygen atoms in total. The molecule has 0 heterocycles. The summed E-state index contributed by atoms with van der Waals surface area (Å²) in [6, 6.07) is 0.363. The van der Waals surface area contributed by atoms with Crippen LogP contribution in [-0.2, 0) is 0 Å². The molecule has 0 aromatic rings. The summed E-state index contributed by atoms with van der Waals surface area (Å²) in [6.45, 7) is 10.8. The maximum absolute atomic E-state index is 6.03. The van der Waals surface area contributed by atoms with Crippen molar-refractivity contribution >= 4 is 0 Å². The minimum absolute atomic E-state index is 0.363. The zero-order chi connectivity index (χ0) is 10.0. The van der Waals surface area contributed by atoms with Crippen LogP contribution in [0.1, 0.15) is 33.6 Å². The second kappa shape index (κ2) is 4.28. The lowest BCUT2D eigenvalue weighted by Gasteiger charge is -2.50. The zero-order valence-corrected chi connectivity index (χ0v) is 9.16. The van der Waals surface area contributed by atoms with Crippen molar-refractivity contribution in [3.8, 4) is 0 Å². The molecule has 0 aliphatic heterocycles. The molecule has 1 aliphatic carbocycles. The largest absolute Gasteiger partial charge is 0.327 e. The standard InChI is InChI=1S/C12H23N/c1-5-7-8(3)11-9(4)12(13)10(11)6-2/h6,8-12H,2,5,7,13H2,1,3-4H3. The van der Waals surface area contributed by atoms with Gasteiger partial charge in [-0.2, -0.15) is 0 Å². The lowest BCUT2D eigenvalue weighted by atomic mass is 9.57. The minimum atomic E-state index is 0.363. The van der Waals surface area contributed by atoms with Gasteiger partial charge in [-0.05, 0) is 23.7 Å². The predicted octanol–water partition coefficient (Wildman–Crippen LogP) is 2.82. The lowest BCUT2D eigenvalue weighted by molar-refractivity contribution is 0.0348. The van der Waals surface area contributed by atoms with Gasteiger partial charge in [0.05, 0.1) is 0 Å². The second-order valence-corrected chi connectivity index (χ2v) is 4.59. The molecular weight excluding hydrogens is 158 g/mol. The first kappa shape index (κ1) is 10.8. The van der Waals surface area contributed by atoms with Crippen molar-refractivity contribution in [2.24, 2.45) is 29.4 Å². The van der Waals surface area contributed by atoms with E-state index >= 15 is 0 Å². The molecule has 0 amide bonds. The van der Waals surface area contributed by atoms with Crippen molar-refractivity contribution in [2.45, 2.75) is 39.7 Å². The quantitative estimate of drug-likeness (QED) is 0.663. The monoisotopic (exact) mass is 181 g/mol. The van der Waals surface area contributed by atoms with Crippen LogP contribution in [0.5, 0.6) is 0 Å². The Balaban J connectivity index is 2.53. The molecule has 5 unspecified atom stereocenters. The first-order valence-electron chi connectivity index (χ1n) is 5.51. The molecule has 1 heteroatoms. The fourth-order valence-electron chi connectivity index (χ4n) is 2.93. The highest BCUT2D eigenvalue weighted by atomic mass is 14.7. The molecule has 2 N–H and O–H groups in total. The molecule has 1 rings (SSSR count). The number of rotatable bonds is 4. The van der Waals surface area contributed by atoms with E-state index < -0.39 is 0 Å². The summed E-state index contributed by atoms with van der Waals surface area (Å²) < 4.78 is 0. The highest BCUT2D eigenvalue weighted by Gasteiger charge is 2.45. The third-order valence-electron chi connectivity index (χ3n) is 3.78. The first-order chi connectivity index (χ1) is 6.13. The zero-order valence-electron chi connectivity index (χ0n) is 9.16. The van der Waals surface area contributed by atoms with E-state index in [4.69, 9.17) is 5.73 Å². The minimum Gasteiger partial charge on any atom is -0.327 e. The fourth-order valence-corrected chi connectivity index (χ4v) is 2.93. The highest BCUT2D eigenvalue weighted by Crippen LogP contribution is 2.45. The second-order valence-electron chi connectivity index (χ2n) is 4.59. The first-order valence-corrected chi connectivity index (χ1v) is 5.51. The van der Waals surface area contributed by atoms with Crippen molar-refractivity contribution in [1.29, 1.82) is 0 Å². The Labute approximate surface area is 82.4 Å². The molecule has 1 aliphatic rings.